The number of benzene rings is 2. The minimum absolute atomic E-state index is 0.0424. The van der Waals surface area contributed by atoms with Gasteiger partial charge in [-0.15, -0.1) is 0 Å². The van der Waals surface area contributed by atoms with Crippen LogP contribution in [0.15, 0.2) is 48.5 Å². The molecule has 3 N–H and O–H groups in total. The van der Waals surface area contributed by atoms with Crippen LogP contribution in [0.5, 0.6) is 0 Å². The van der Waals surface area contributed by atoms with Crippen molar-refractivity contribution in [3.05, 3.63) is 53.6 Å². The van der Waals surface area contributed by atoms with E-state index in [2.05, 4.69) is 10.6 Å². The van der Waals surface area contributed by atoms with Gasteiger partial charge < -0.3 is 15.5 Å². The molecule has 7 nitrogen and oxygen atoms in total. The summed E-state index contributed by atoms with van der Waals surface area (Å²) in [6.07, 6.45) is 0. The predicted molar refractivity (Wildman–Crippen MR) is 109 cm³/mol. The topological polar surface area (TPSA) is 83.0 Å². The minimum atomic E-state index is -0.518. The third-order valence-electron chi connectivity index (χ3n) is 4.73. The lowest BCUT2D eigenvalue weighted by molar-refractivity contribution is -0.885. The highest BCUT2D eigenvalue weighted by Gasteiger charge is 2.33. The Hall–Kier alpha value is -2.90. The maximum atomic E-state index is 13.0. The number of carbonyl (C=O) groups is 3. The number of hydrogen-bond acceptors (Lipinski definition) is 3. The van der Waals surface area contributed by atoms with Crippen LogP contribution in [-0.4, -0.2) is 43.9 Å². The summed E-state index contributed by atoms with van der Waals surface area (Å²) in [6.45, 7) is 1.79. The maximum Gasteiger partial charge on any atom is 0.285 e. The molecule has 28 heavy (non-hydrogen) atoms. The van der Waals surface area contributed by atoms with Crippen molar-refractivity contribution in [3.8, 4) is 0 Å². The molecule has 2 aromatic carbocycles. The van der Waals surface area contributed by atoms with Crippen LogP contribution in [0.3, 0.4) is 0 Å². The van der Waals surface area contributed by atoms with Crippen molar-refractivity contribution in [2.75, 3.05) is 35.7 Å². The highest BCUT2D eigenvalue weighted by atomic mass is 35.5. The zero-order valence-corrected chi connectivity index (χ0v) is 16.4. The van der Waals surface area contributed by atoms with Crippen LogP contribution in [0.2, 0.25) is 5.02 Å². The molecule has 1 unspecified atom stereocenters. The van der Waals surface area contributed by atoms with Gasteiger partial charge in [-0.05, 0) is 31.2 Å². The maximum absolute atomic E-state index is 13.0. The van der Waals surface area contributed by atoms with Crippen molar-refractivity contribution in [2.24, 2.45) is 0 Å². The molecule has 146 valence electrons. The first-order valence-corrected chi connectivity index (χ1v) is 9.31. The second-order valence-corrected chi connectivity index (χ2v) is 7.17. The van der Waals surface area contributed by atoms with Gasteiger partial charge >= 0.3 is 0 Å². The summed E-state index contributed by atoms with van der Waals surface area (Å²) in [5, 5.41) is 5.97. The smallest absolute Gasteiger partial charge is 0.285 e. The molecule has 2 atom stereocenters. The molecule has 1 aliphatic heterocycles. The van der Waals surface area contributed by atoms with E-state index in [9.17, 15) is 14.4 Å². The molecule has 0 radical (unpaired) electrons. The second-order valence-electron chi connectivity index (χ2n) is 6.76. The zero-order chi connectivity index (χ0) is 20.3. The van der Waals surface area contributed by atoms with Crippen LogP contribution >= 0.6 is 11.6 Å². The molecule has 0 saturated carbocycles. The Morgan fingerprint density at radius 3 is 2.64 bits per heavy atom. The average Bonchev–Trinajstić information content (AvgIpc) is 2.67. The molecule has 2 aromatic rings. The molecule has 0 spiro atoms. The van der Waals surface area contributed by atoms with E-state index in [-0.39, 0.29) is 30.8 Å². The van der Waals surface area contributed by atoms with E-state index < -0.39 is 6.04 Å². The van der Waals surface area contributed by atoms with Gasteiger partial charge in [-0.1, -0.05) is 35.9 Å². The fraction of sp³-hybridized carbons (Fsp3) is 0.250. The third kappa shape index (κ3) is 4.32. The number of nitrogens with one attached hydrogen (secondary N) is 3. The Labute approximate surface area is 168 Å². The number of anilines is 3. The quantitative estimate of drug-likeness (QED) is 0.703. The number of hydrogen-bond donors (Lipinski definition) is 3. The van der Waals surface area contributed by atoms with Crippen LogP contribution in [0.25, 0.3) is 0 Å². The third-order valence-corrected chi connectivity index (χ3v) is 5.06. The number of rotatable bonds is 5. The van der Waals surface area contributed by atoms with E-state index in [1.54, 1.807) is 56.4 Å². The molecule has 1 aliphatic rings. The Morgan fingerprint density at radius 1 is 1.21 bits per heavy atom. The molecular weight excluding hydrogens is 380 g/mol. The van der Waals surface area contributed by atoms with Gasteiger partial charge in [0.15, 0.2) is 12.6 Å². The summed E-state index contributed by atoms with van der Waals surface area (Å²) in [6, 6.07) is 13.6. The molecule has 3 rings (SSSR count). The molecule has 8 heteroatoms. The molecule has 0 fully saturated rings. The van der Waals surface area contributed by atoms with Crippen LogP contribution in [-0.2, 0) is 14.4 Å². The van der Waals surface area contributed by atoms with E-state index in [0.29, 0.717) is 27.0 Å². The van der Waals surface area contributed by atoms with Gasteiger partial charge in [0.1, 0.15) is 6.54 Å². The molecule has 0 saturated heterocycles. The van der Waals surface area contributed by atoms with Crippen molar-refractivity contribution < 1.29 is 19.3 Å². The summed E-state index contributed by atoms with van der Waals surface area (Å²) < 4.78 is 0. The number of likely N-dealkylation sites (N-methyl/N-ethyl adjacent to an activating group) is 1. The first kappa shape index (κ1) is 19.9. The highest BCUT2D eigenvalue weighted by Crippen LogP contribution is 2.29. The van der Waals surface area contributed by atoms with Crippen LogP contribution in [0, 0.1) is 0 Å². The van der Waals surface area contributed by atoms with Gasteiger partial charge in [-0.3, -0.25) is 19.3 Å². The van der Waals surface area contributed by atoms with Gasteiger partial charge in [0.2, 0.25) is 5.91 Å². The Bertz CT molecular complexity index is 918. The van der Waals surface area contributed by atoms with Crippen molar-refractivity contribution >= 4 is 46.4 Å². The van der Waals surface area contributed by atoms with Gasteiger partial charge in [0.25, 0.3) is 11.8 Å². The highest BCUT2D eigenvalue weighted by molar-refractivity contribution is 6.33. The van der Waals surface area contributed by atoms with Gasteiger partial charge in [0, 0.05) is 0 Å². The number of amides is 3. The van der Waals surface area contributed by atoms with Crippen molar-refractivity contribution in [1.29, 1.82) is 0 Å². The Balaban J connectivity index is 1.67. The summed E-state index contributed by atoms with van der Waals surface area (Å²) in [7, 11) is 1.77. The molecule has 1 heterocycles. The van der Waals surface area contributed by atoms with Gasteiger partial charge in [0.05, 0.1) is 29.1 Å². The van der Waals surface area contributed by atoms with Crippen molar-refractivity contribution in [2.45, 2.75) is 13.0 Å². The van der Waals surface area contributed by atoms with E-state index in [1.807, 2.05) is 6.07 Å². The fourth-order valence-corrected chi connectivity index (χ4v) is 3.22. The summed E-state index contributed by atoms with van der Waals surface area (Å²) in [4.78, 5) is 39.5. The first-order chi connectivity index (χ1) is 13.4. The van der Waals surface area contributed by atoms with Gasteiger partial charge in [-0.2, -0.15) is 0 Å². The summed E-state index contributed by atoms with van der Waals surface area (Å²) in [5.41, 5.74) is 1.79. The molecular formula is C20H22ClN4O3+. The number of nitrogens with zero attached hydrogens (tertiary/aromatic N) is 1. The predicted octanol–water partition coefficient (Wildman–Crippen LogP) is 1.17. The van der Waals surface area contributed by atoms with Crippen LogP contribution < -0.4 is 20.4 Å². The lowest BCUT2D eigenvalue weighted by atomic mass is 10.1. The molecule has 0 aromatic heterocycles. The number of fused-ring (bicyclic) bond motifs is 1. The number of carbonyl (C=O) groups excluding carboxylic acids is 3. The van der Waals surface area contributed by atoms with Crippen LogP contribution in [0.1, 0.15) is 6.92 Å². The Morgan fingerprint density at radius 2 is 1.89 bits per heavy atom. The van der Waals surface area contributed by atoms with Gasteiger partial charge in [-0.25, -0.2) is 0 Å². The summed E-state index contributed by atoms with van der Waals surface area (Å²) >= 11 is 6.06. The zero-order valence-electron chi connectivity index (χ0n) is 15.7. The molecule has 3 amide bonds. The average molecular weight is 402 g/mol. The number of halogens is 1. The van der Waals surface area contributed by atoms with Crippen molar-refractivity contribution in [1.82, 2.24) is 0 Å². The largest absolute Gasteiger partial charge is 0.323 e. The van der Waals surface area contributed by atoms with E-state index in [0.717, 1.165) is 0 Å². The summed E-state index contributed by atoms with van der Waals surface area (Å²) in [5.74, 6) is -0.708. The first-order valence-electron chi connectivity index (χ1n) is 8.93. The number of para-hydroxylation sites is 3. The lowest BCUT2D eigenvalue weighted by Gasteiger charge is -2.32. The minimum Gasteiger partial charge on any atom is -0.323 e. The van der Waals surface area contributed by atoms with E-state index >= 15 is 0 Å². The standard InChI is InChI=1S/C20H21ClN4O3/c1-13(24(2)11-18(26)22-15-8-4-3-7-14(15)21)20(28)25-12-19(27)23-16-9-5-6-10-17(16)25/h3-10,13H,11-12H2,1-2H3,(H,22,26)(H,23,27)/p+1/t13-/m1/s1. The molecule has 0 bridgehead atoms. The van der Waals surface area contributed by atoms with Crippen LogP contribution in [0.4, 0.5) is 17.1 Å². The SMILES string of the molecule is C[C@H](C(=O)N1CC(=O)Nc2ccccc21)[NH+](C)CC(=O)Nc1ccccc1Cl. The normalized spacial score (nSPS) is 15.2. The Kier molecular flexibility index (Phi) is 5.96. The lowest BCUT2D eigenvalue weighted by Crippen LogP contribution is -3.15. The fourth-order valence-electron chi connectivity index (χ4n) is 3.04. The van der Waals surface area contributed by atoms with Crippen molar-refractivity contribution in [3.63, 3.8) is 0 Å². The molecule has 0 aliphatic carbocycles. The van der Waals surface area contributed by atoms with E-state index in [4.69, 9.17) is 11.6 Å². The van der Waals surface area contributed by atoms with E-state index in [1.165, 1.54) is 4.90 Å². The number of quaternary nitrogens is 1. The monoisotopic (exact) mass is 401 g/mol. The second kappa shape index (κ2) is 8.41.